The molecule has 0 spiro atoms. The van der Waals surface area contributed by atoms with Crippen LogP contribution in [0.15, 0.2) is 96.2 Å². The van der Waals surface area contributed by atoms with E-state index in [1.54, 1.807) is 6.92 Å². The van der Waals surface area contributed by atoms with E-state index in [2.05, 4.69) is 35.4 Å². The molecule has 3 aromatic heterocycles. The number of pyridine rings is 1. The van der Waals surface area contributed by atoms with Crippen LogP contribution in [-0.4, -0.2) is 82.0 Å². The van der Waals surface area contributed by atoms with E-state index in [-0.39, 0.29) is 22.6 Å². The fourth-order valence-electron chi connectivity index (χ4n) is 7.45. The number of alkyl halides is 2. The van der Waals surface area contributed by atoms with Gasteiger partial charge in [0.05, 0.1) is 24.4 Å². The summed E-state index contributed by atoms with van der Waals surface area (Å²) in [7, 11) is 0. The number of benzene rings is 3. The summed E-state index contributed by atoms with van der Waals surface area (Å²) in [6.07, 6.45) is 2.72. The van der Waals surface area contributed by atoms with E-state index in [1.807, 2.05) is 55.5 Å². The van der Waals surface area contributed by atoms with Gasteiger partial charge in [0.15, 0.2) is 11.4 Å². The number of rotatable bonds is 9. The molecule has 278 valence electrons. The van der Waals surface area contributed by atoms with E-state index in [4.69, 9.17) is 0 Å². The Hall–Kier alpha value is -5.87. The van der Waals surface area contributed by atoms with Crippen LogP contribution in [0.4, 0.5) is 24.5 Å². The van der Waals surface area contributed by atoms with Gasteiger partial charge in [-0.05, 0) is 83.9 Å². The molecule has 0 saturated carbocycles. The molecule has 3 atom stereocenters. The molecule has 2 aliphatic heterocycles. The number of fused-ring (bicyclic) bond motifs is 3. The smallest absolute Gasteiger partial charge is 0.350 e. The molecular weight excluding hydrogens is 701 g/mol. The van der Waals surface area contributed by atoms with Crippen molar-refractivity contribution in [1.82, 2.24) is 39.5 Å². The zero-order valence-corrected chi connectivity index (χ0v) is 29.5. The van der Waals surface area contributed by atoms with Gasteiger partial charge in [-0.15, -0.1) is 5.10 Å². The molecule has 0 bridgehead atoms. The molecule has 13 nitrogen and oxygen atoms in total. The molecule has 54 heavy (non-hydrogen) atoms. The molecule has 2 aliphatic rings. The summed E-state index contributed by atoms with van der Waals surface area (Å²) in [5.41, 5.74) is 0.251. The highest BCUT2D eigenvalue weighted by Crippen LogP contribution is 2.50. The number of aromatic nitrogens is 8. The Kier molecular flexibility index (Phi) is 8.81. The Labute approximate surface area is 307 Å². The van der Waals surface area contributed by atoms with E-state index >= 15 is 8.78 Å². The first kappa shape index (κ1) is 35.2. The van der Waals surface area contributed by atoms with Crippen LogP contribution < -0.4 is 15.5 Å². The Balaban J connectivity index is 0.916. The molecule has 8 rings (SSSR count). The molecule has 0 radical (unpaired) electrons. The first-order chi connectivity index (χ1) is 26.0. The number of hydrogen-bond acceptors (Lipinski definition) is 10. The van der Waals surface area contributed by atoms with Crippen molar-refractivity contribution in [2.24, 2.45) is 0 Å². The predicted octanol–water partition coefficient (Wildman–Crippen LogP) is 4.54. The average molecular weight is 739 g/mol. The number of tetrazole rings is 1. The van der Waals surface area contributed by atoms with Gasteiger partial charge in [0.2, 0.25) is 0 Å². The monoisotopic (exact) mass is 738 g/mol. The van der Waals surface area contributed by atoms with Gasteiger partial charge in [-0.1, -0.05) is 31.2 Å². The maximum absolute atomic E-state index is 16.2. The minimum absolute atomic E-state index is 0.0137. The molecule has 1 fully saturated rings. The number of aliphatic hydroxyl groups excluding tert-OH is 1. The summed E-state index contributed by atoms with van der Waals surface area (Å²) in [6, 6.07) is 21.1. The summed E-state index contributed by atoms with van der Waals surface area (Å²) < 4.78 is 50.3. The van der Waals surface area contributed by atoms with Gasteiger partial charge in [0.1, 0.15) is 17.8 Å². The lowest BCUT2D eigenvalue weighted by Gasteiger charge is -2.39. The molecule has 0 unspecified atom stereocenters. The molecule has 3 aromatic carbocycles. The van der Waals surface area contributed by atoms with Crippen molar-refractivity contribution in [2.75, 3.05) is 36.0 Å². The van der Waals surface area contributed by atoms with Crippen molar-refractivity contribution in [3.63, 3.8) is 0 Å². The minimum atomic E-state index is -3.88. The Bertz CT molecular complexity index is 2330. The van der Waals surface area contributed by atoms with E-state index in [9.17, 15) is 19.4 Å². The van der Waals surface area contributed by atoms with Crippen LogP contribution in [0.2, 0.25) is 0 Å². The molecular formula is C38H37F3N10O3. The van der Waals surface area contributed by atoms with Crippen LogP contribution >= 0.6 is 0 Å². The Morgan fingerprint density at radius 1 is 0.889 bits per heavy atom. The van der Waals surface area contributed by atoms with Crippen LogP contribution in [-0.2, 0) is 18.1 Å². The number of aliphatic hydroxyl groups is 2. The van der Waals surface area contributed by atoms with Gasteiger partial charge < -0.3 is 20.0 Å². The van der Waals surface area contributed by atoms with E-state index in [0.717, 1.165) is 66.0 Å². The fraction of sp³-hybridized carbons (Fsp3) is 0.316. The van der Waals surface area contributed by atoms with Crippen LogP contribution in [0.1, 0.15) is 37.6 Å². The van der Waals surface area contributed by atoms with Crippen LogP contribution in [0, 0.1) is 5.82 Å². The molecule has 6 aromatic rings. The van der Waals surface area contributed by atoms with Gasteiger partial charge >= 0.3 is 11.6 Å². The fourth-order valence-corrected chi connectivity index (χ4v) is 7.45. The second-order valence-corrected chi connectivity index (χ2v) is 13.7. The first-order valence-electron chi connectivity index (χ1n) is 17.7. The van der Waals surface area contributed by atoms with Crippen molar-refractivity contribution < 1.29 is 23.4 Å². The molecule has 1 saturated heterocycles. The second-order valence-electron chi connectivity index (χ2n) is 13.7. The third kappa shape index (κ3) is 5.91. The quantitative estimate of drug-likeness (QED) is 0.217. The lowest BCUT2D eigenvalue weighted by Crippen LogP contribution is -2.49. The standard InChI is InChI=1S/C38H37F3N10O3/c1-3-33(24(2)52)51-36(53)49(23-43-51)30-12-10-29(11-13-30)48-18-16-47(17-19-48)28-8-4-25(5-9-28)26-6-15-34(42-21-26)38(40,41)37(54)22-50-35(44-45-46-50)31-20-27(39)7-14-32(31)37/h4-15,20-21,23-24,33,52,54H,3,16-19,22H2,1-2H3/t24-,33-,37-/m0/s1. The number of piperazine rings is 1. The summed E-state index contributed by atoms with van der Waals surface area (Å²) in [4.78, 5) is 21.6. The van der Waals surface area contributed by atoms with Crippen molar-refractivity contribution in [3.05, 3.63) is 119 Å². The van der Waals surface area contributed by atoms with E-state index < -0.39 is 41.7 Å². The second kappa shape index (κ2) is 13.5. The average Bonchev–Trinajstić information content (AvgIpc) is 3.81. The molecule has 0 aliphatic carbocycles. The summed E-state index contributed by atoms with van der Waals surface area (Å²) in [5, 5.41) is 36.9. The van der Waals surface area contributed by atoms with Crippen molar-refractivity contribution in [3.8, 4) is 28.2 Å². The van der Waals surface area contributed by atoms with Crippen LogP contribution in [0.25, 0.3) is 28.2 Å². The molecule has 5 heterocycles. The molecule has 16 heteroatoms. The summed E-state index contributed by atoms with van der Waals surface area (Å²) in [6.45, 7) is 6.04. The number of nitrogens with zero attached hydrogens (tertiary/aromatic N) is 10. The molecule has 0 amide bonds. The van der Waals surface area contributed by atoms with Gasteiger partial charge in [-0.2, -0.15) is 13.9 Å². The largest absolute Gasteiger partial charge is 0.391 e. The summed E-state index contributed by atoms with van der Waals surface area (Å²) in [5.74, 6) is -4.46. The highest BCUT2D eigenvalue weighted by molar-refractivity contribution is 5.67. The van der Waals surface area contributed by atoms with Crippen molar-refractivity contribution in [1.29, 1.82) is 0 Å². The van der Waals surface area contributed by atoms with Crippen LogP contribution in [0.5, 0.6) is 0 Å². The number of hydrogen-bond donors (Lipinski definition) is 2. The lowest BCUT2D eigenvalue weighted by atomic mass is 9.80. The van der Waals surface area contributed by atoms with Gasteiger partial charge in [0, 0.05) is 60.4 Å². The van der Waals surface area contributed by atoms with Gasteiger partial charge in [-0.3, -0.25) is 4.98 Å². The predicted molar refractivity (Wildman–Crippen MR) is 194 cm³/mol. The highest BCUT2D eigenvalue weighted by atomic mass is 19.3. The Morgan fingerprint density at radius 3 is 2.13 bits per heavy atom. The third-order valence-corrected chi connectivity index (χ3v) is 10.5. The highest BCUT2D eigenvalue weighted by Gasteiger charge is 2.59. The topological polar surface area (TPSA) is 143 Å². The maximum Gasteiger partial charge on any atom is 0.350 e. The zero-order valence-electron chi connectivity index (χ0n) is 29.5. The number of halogens is 3. The Morgan fingerprint density at radius 2 is 1.52 bits per heavy atom. The van der Waals surface area contributed by atoms with Crippen molar-refractivity contribution >= 4 is 11.4 Å². The van der Waals surface area contributed by atoms with Crippen molar-refractivity contribution in [2.45, 2.75) is 50.5 Å². The first-order valence-corrected chi connectivity index (χ1v) is 17.7. The van der Waals surface area contributed by atoms with E-state index in [1.165, 1.54) is 33.9 Å². The van der Waals surface area contributed by atoms with E-state index in [0.29, 0.717) is 17.7 Å². The number of anilines is 2. The van der Waals surface area contributed by atoms with Gasteiger partial charge in [-0.25, -0.2) is 23.1 Å². The zero-order chi connectivity index (χ0) is 37.8. The lowest BCUT2D eigenvalue weighted by molar-refractivity contribution is -0.207. The minimum Gasteiger partial charge on any atom is -0.391 e. The van der Waals surface area contributed by atoms with Crippen LogP contribution in [0.3, 0.4) is 0 Å². The maximum atomic E-state index is 16.2. The molecule has 2 N–H and O–H groups in total. The third-order valence-electron chi connectivity index (χ3n) is 10.5. The van der Waals surface area contributed by atoms with Gasteiger partial charge in [0.25, 0.3) is 0 Å². The SMILES string of the molecule is CC[C@@H]([C@H](C)O)n1ncn(-c2ccc(N3CCN(c4ccc(-c5ccc(C(F)(F)[C@]6(O)Cn7nnnc7-c7cc(F)ccc76)nc5)cc4)CC3)cc2)c1=O. The normalized spacial score (nSPS) is 18.3. The summed E-state index contributed by atoms with van der Waals surface area (Å²) >= 11 is 0.